The van der Waals surface area contributed by atoms with Gasteiger partial charge in [-0.3, -0.25) is 9.98 Å². The number of pyridine rings is 1. The van der Waals surface area contributed by atoms with E-state index in [1.165, 1.54) is 0 Å². The van der Waals surface area contributed by atoms with Gasteiger partial charge in [0.25, 0.3) is 0 Å². The fourth-order valence-electron chi connectivity index (χ4n) is 1.29. The second-order valence-electron chi connectivity index (χ2n) is 3.15. The molecule has 0 aliphatic rings. The van der Waals surface area contributed by atoms with Crippen LogP contribution in [0.2, 0.25) is 0 Å². The number of aliphatic imine (C=N–C) groups is 1. The highest BCUT2D eigenvalue weighted by atomic mass is 14.7. The lowest BCUT2D eigenvalue weighted by atomic mass is 10.0. The van der Waals surface area contributed by atoms with Crippen molar-refractivity contribution in [3.05, 3.63) is 30.1 Å². The van der Waals surface area contributed by atoms with Gasteiger partial charge in [0.2, 0.25) is 0 Å². The number of hydrogen-bond acceptors (Lipinski definition) is 2. The minimum Gasteiger partial charge on any atom is -0.264 e. The summed E-state index contributed by atoms with van der Waals surface area (Å²) >= 11 is 0. The first-order chi connectivity index (χ1) is 6.20. The molecule has 2 heteroatoms. The summed E-state index contributed by atoms with van der Waals surface area (Å²) in [6.07, 6.45) is 3.54. The average Bonchev–Trinajstić information content (AvgIpc) is 2.16. The van der Waals surface area contributed by atoms with E-state index < -0.39 is 0 Å². The third-order valence-electron chi connectivity index (χ3n) is 1.92. The van der Waals surface area contributed by atoms with Gasteiger partial charge < -0.3 is 0 Å². The first-order valence-electron chi connectivity index (χ1n) is 4.28. The van der Waals surface area contributed by atoms with Gasteiger partial charge in [-0.25, -0.2) is 0 Å². The zero-order valence-corrected chi connectivity index (χ0v) is 8.12. The topological polar surface area (TPSA) is 25.2 Å². The van der Waals surface area contributed by atoms with Crippen molar-refractivity contribution in [3.63, 3.8) is 0 Å². The molecule has 0 saturated carbocycles. The summed E-state index contributed by atoms with van der Waals surface area (Å²) in [5.74, 6) is 0.384. The van der Waals surface area contributed by atoms with Crippen molar-refractivity contribution in [1.82, 2.24) is 4.98 Å². The van der Waals surface area contributed by atoms with Crippen molar-refractivity contribution >= 4 is 18.5 Å². The monoisotopic (exact) mass is 174 g/mol. The van der Waals surface area contributed by atoms with E-state index in [0.29, 0.717) is 5.92 Å². The highest BCUT2D eigenvalue weighted by molar-refractivity contribution is 5.66. The molecule has 0 bridgehead atoms. The van der Waals surface area contributed by atoms with Crippen LogP contribution in [0.3, 0.4) is 0 Å². The third-order valence-corrected chi connectivity index (χ3v) is 1.92. The van der Waals surface area contributed by atoms with Crippen LogP contribution in [-0.4, -0.2) is 11.7 Å². The average molecular weight is 174 g/mol. The SMILES string of the molecule is C=Cc1c(N=C)ccnc1C(C)C. The first-order valence-corrected chi connectivity index (χ1v) is 4.28. The predicted octanol–water partition coefficient (Wildman–Crippen LogP) is 3.18. The molecule has 0 fully saturated rings. The molecule has 0 aromatic carbocycles. The summed E-state index contributed by atoms with van der Waals surface area (Å²) in [4.78, 5) is 8.22. The van der Waals surface area contributed by atoms with Gasteiger partial charge >= 0.3 is 0 Å². The smallest absolute Gasteiger partial charge is 0.0728 e. The van der Waals surface area contributed by atoms with Gasteiger partial charge in [-0.2, -0.15) is 0 Å². The van der Waals surface area contributed by atoms with E-state index in [1.807, 2.05) is 6.07 Å². The van der Waals surface area contributed by atoms with Crippen LogP contribution in [0.15, 0.2) is 23.8 Å². The van der Waals surface area contributed by atoms with Gasteiger partial charge in [-0.15, -0.1) is 0 Å². The Bertz CT molecular complexity index is 327. The van der Waals surface area contributed by atoms with E-state index in [0.717, 1.165) is 16.9 Å². The summed E-state index contributed by atoms with van der Waals surface area (Å²) < 4.78 is 0. The highest BCUT2D eigenvalue weighted by Crippen LogP contribution is 2.26. The Labute approximate surface area is 79.0 Å². The molecule has 1 heterocycles. The summed E-state index contributed by atoms with van der Waals surface area (Å²) in [6, 6.07) is 1.84. The molecule has 1 rings (SSSR count). The van der Waals surface area contributed by atoms with Crippen molar-refractivity contribution in [2.45, 2.75) is 19.8 Å². The third kappa shape index (κ3) is 1.83. The molecule has 13 heavy (non-hydrogen) atoms. The molecule has 0 N–H and O–H groups in total. The molecule has 0 amide bonds. The largest absolute Gasteiger partial charge is 0.264 e. The highest BCUT2D eigenvalue weighted by Gasteiger charge is 2.08. The van der Waals surface area contributed by atoms with E-state index >= 15 is 0 Å². The van der Waals surface area contributed by atoms with Crippen molar-refractivity contribution in [2.75, 3.05) is 0 Å². The Hall–Kier alpha value is -1.44. The lowest BCUT2D eigenvalue weighted by molar-refractivity contribution is 0.820. The Kier molecular flexibility index (Phi) is 2.96. The molecule has 0 atom stereocenters. The van der Waals surface area contributed by atoms with Crippen molar-refractivity contribution in [1.29, 1.82) is 0 Å². The predicted molar refractivity (Wildman–Crippen MR) is 57.6 cm³/mol. The van der Waals surface area contributed by atoms with Crippen LogP contribution in [0.4, 0.5) is 5.69 Å². The zero-order valence-electron chi connectivity index (χ0n) is 8.12. The number of rotatable bonds is 3. The van der Waals surface area contributed by atoms with Crippen molar-refractivity contribution in [3.8, 4) is 0 Å². The minimum absolute atomic E-state index is 0.384. The Morgan fingerprint density at radius 3 is 2.69 bits per heavy atom. The van der Waals surface area contributed by atoms with Crippen LogP contribution in [-0.2, 0) is 0 Å². The molecular weight excluding hydrogens is 160 g/mol. The number of aromatic nitrogens is 1. The van der Waals surface area contributed by atoms with Gasteiger partial charge in [-0.1, -0.05) is 26.5 Å². The van der Waals surface area contributed by atoms with E-state index in [4.69, 9.17) is 0 Å². The summed E-state index contributed by atoms with van der Waals surface area (Å²) in [5, 5.41) is 0. The Balaban J connectivity index is 3.35. The van der Waals surface area contributed by atoms with Gasteiger partial charge in [0.05, 0.1) is 11.4 Å². The van der Waals surface area contributed by atoms with Crippen LogP contribution >= 0.6 is 0 Å². The molecule has 1 aromatic rings. The van der Waals surface area contributed by atoms with E-state index in [9.17, 15) is 0 Å². The molecule has 0 radical (unpaired) electrons. The summed E-state index contributed by atoms with van der Waals surface area (Å²) in [5.41, 5.74) is 2.88. The van der Waals surface area contributed by atoms with Gasteiger partial charge in [0.1, 0.15) is 0 Å². The summed E-state index contributed by atoms with van der Waals surface area (Å²) in [6.45, 7) is 11.5. The van der Waals surface area contributed by atoms with Crippen LogP contribution in [0.5, 0.6) is 0 Å². The molecule has 1 aromatic heterocycles. The normalized spacial score (nSPS) is 10.1. The molecule has 2 nitrogen and oxygen atoms in total. The lowest BCUT2D eigenvalue weighted by Crippen LogP contribution is -1.95. The molecule has 68 valence electrons. The van der Waals surface area contributed by atoms with Gasteiger partial charge in [0, 0.05) is 11.8 Å². The number of nitrogens with zero attached hydrogens (tertiary/aromatic N) is 2. The van der Waals surface area contributed by atoms with Crippen LogP contribution in [0.25, 0.3) is 6.08 Å². The Morgan fingerprint density at radius 1 is 1.54 bits per heavy atom. The van der Waals surface area contributed by atoms with Crippen LogP contribution in [0.1, 0.15) is 31.0 Å². The van der Waals surface area contributed by atoms with Crippen LogP contribution in [0, 0.1) is 0 Å². The van der Waals surface area contributed by atoms with Crippen molar-refractivity contribution < 1.29 is 0 Å². The maximum absolute atomic E-state index is 4.30. The van der Waals surface area contributed by atoms with Crippen LogP contribution < -0.4 is 0 Å². The quantitative estimate of drug-likeness (QED) is 0.646. The fraction of sp³-hybridized carbons (Fsp3) is 0.273. The zero-order chi connectivity index (χ0) is 9.84. The standard InChI is InChI=1S/C11H14N2/c1-5-9-10(12-4)6-7-13-11(9)8(2)3/h5-8H,1,4H2,2-3H3. The van der Waals surface area contributed by atoms with E-state index in [-0.39, 0.29) is 0 Å². The molecular formula is C11H14N2. The van der Waals surface area contributed by atoms with Crippen molar-refractivity contribution in [2.24, 2.45) is 4.99 Å². The lowest BCUT2D eigenvalue weighted by Gasteiger charge is -2.09. The van der Waals surface area contributed by atoms with E-state index in [1.54, 1.807) is 12.3 Å². The maximum atomic E-state index is 4.30. The Morgan fingerprint density at radius 2 is 2.23 bits per heavy atom. The van der Waals surface area contributed by atoms with E-state index in [2.05, 4.69) is 37.1 Å². The molecule has 0 aliphatic carbocycles. The first kappa shape index (κ1) is 9.65. The number of hydrogen-bond donors (Lipinski definition) is 0. The van der Waals surface area contributed by atoms with Gasteiger partial charge in [-0.05, 0) is 18.7 Å². The van der Waals surface area contributed by atoms with Gasteiger partial charge in [0.15, 0.2) is 0 Å². The summed E-state index contributed by atoms with van der Waals surface area (Å²) in [7, 11) is 0. The minimum atomic E-state index is 0.384. The molecule has 0 saturated heterocycles. The fourth-order valence-corrected chi connectivity index (χ4v) is 1.29. The molecule has 0 spiro atoms. The maximum Gasteiger partial charge on any atom is 0.0728 e. The second kappa shape index (κ2) is 3.99. The molecule has 0 aliphatic heterocycles. The molecule has 0 unspecified atom stereocenters. The second-order valence-corrected chi connectivity index (χ2v) is 3.15.